The van der Waals surface area contributed by atoms with E-state index in [1.54, 1.807) is 36.8 Å². The Morgan fingerprint density at radius 2 is 1.72 bits per heavy atom. The fourth-order valence-corrected chi connectivity index (χ4v) is 4.78. The van der Waals surface area contributed by atoms with Crippen LogP contribution in [0.3, 0.4) is 0 Å². The maximum atomic E-state index is 13.6. The van der Waals surface area contributed by atoms with E-state index in [1.807, 2.05) is 9.47 Å². The summed E-state index contributed by atoms with van der Waals surface area (Å²) in [6.45, 7) is 1.09. The summed E-state index contributed by atoms with van der Waals surface area (Å²) in [5.74, 6) is -1.10. The normalized spacial score (nSPS) is 14.7. The van der Waals surface area contributed by atoms with Gasteiger partial charge in [-0.1, -0.05) is 0 Å². The van der Waals surface area contributed by atoms with Gasteiger partial charge in [0.2, 0.25) is 0 Å². The van der Waals surface area contributed by atoms with E-state index in [9.17, 15) is 17.6 Å². The molecule has 5 heterocycles. The fraction of sp³-hybridized carbons (Fsp3) is 0.280. The number of alkyl halides is 3. The average Bonchev–Trinajstić information content (AvgIpc) is 3.58. The molecule has 1 aliphatic rings. The van der Waals surface area contributed by atoms with Crippen LogP contribution in [0.15, 0.2) is 55.0 Å². The van der Waals surface area contributed by atoms with E-state index in [-0.39, 0.29) is 23.5 Å². The molecule has 1 aromatic carbocycles. The van der Waals surface area contributed by atoms with Crippen molar-refractivity contribution in [3.8, 4) is 28.7 Å². The summed E-state index contributed by atoms with van der Waals surface area (Å²) >= 11 is 0. The quantitative estimate of drug-likeness (QED) is 0.302. The van der Waals surface area contributed by atoms with E-state index in [1.165, 1.54) is 25.3 Å². The second-order valence-corrected chi connectivity index (χ2v) is 8.99. The Bertz CT molecular complexity index is 1620. The van der Waals surface area contributed by atoms with Crippen molar-refractivity contribution >= 4 is 11.5 Å². The van der Waals surface area contributed by atoms with Crippen molar-refractivity contribution in [3.05, 3.63) is 66.6 Å². The Kier molecular flexibility index (Phi) is 6.08. The topological polar surface area (TPSA) is 99.2 Å². The molecule has 6 rings (SSSR count). The average molecular weight is 539 g/mol. The van der Waals surface area contributed by atoms with Crippen molar-refractivity contribution in [1.29, 1.82) is 0 Å². The number of piperidine rings is 1. The number of fused-ring (bicyclic) bond motifs is 1. The van der Waals surface area contributed by atoms with Crippen LogP contribution in [0.2, 0.25) is 0 Å². The number of hydrogen-bond donors (Lipinski definition) is 0. The van der Waals surface area contributed by atoms with Gasteiger partial charge in [-0.3, -0.25) is 0 Å². The van der Waals surface area contributed by atoms with Crippen molar-refractivity contribution in [3.63, 3.8) is 0 Å². The largest absolute Gasteiger partial charge is 0.467 e. The van der Waals surface area contributed by atoms with Gasteiger partial charge in [0, 0.05) is 30.9 Å². The predicted molar refractivity (Wildman–Crippen MR) is 131 cm³/mol. The Labute approximate surface area is 218 Å². The number of rotatable bonds is 5. The molecule has 0 atom stereocenters. The molecule has 0 radical (unpaired) electrons. The highest BCUT2D eigenvalue weighted by atomic mass is 19.4. The summed E-state index contributed by atoms with van der Waals surface area (Å²) < 4.78 is 61.5. The number of methoxy groups -OCH3 is 1. The molecular formula is C25H21F4N9O. The first-order valence-corrected chi connectivity index (χ1v) is 12.1. The summed E-state index contributed by atoms with van der Waals surface area (Å²) in [5, 5.41) is 11.0. The van der Waals surface area contributed by atoms with Gasteiger partial charge in [0.15, 0.2) is 5.65 Å². The van der Waals surface area contributed by atoms with Gasteiger partial charge in [0.1, 0.15) is 11.6 Å². The second kappa shape index (κ2) is 9.60. The van der Waals surface area contributed by atoms with Crippen molar-refractivity contribution in [2.24, 2.45) is 0 Å². The van der Waals surface area contributed by atoms with Gasteiger partial charge in [-0.05, 0) is 55.3 Å². The molecule has 39 heavy (non-hydrogen) atoms. The van der Waals surface area contributed by atoms with Crippen LogP contribution < -0.4 is 9.64 Å². The van der Waals surface area contributed by atoms with Crippen molar-refractivity contribution in [2.75, 3.05) is 25.1 Å². The van der Waals surface area contributed by atoms with Gasteiger partial charge < -0.3 is 14.2 Å². The van der Waals surface area contributed by atoms with Gasteiger partial charge in [-0.25, -0.2) is 14.4 Å². The van der Waals surface area contributed by atoms with Gasteiger partial charge in [-0.15, -0.1) is 15.3 Å². The highest BCUT2D eigenvalue weighted by Crippen LogP contribution is 2.36. The number of imidazole rings is 1. The van der Waals surface area contributed by atoms with E-state index in [4.69, 9.17) is 4.74 Å². The zero-order valence-corrected chi connectivity index (χ0v) is 20.5. The third-order valence-corrected chi connectivity index (χ3v) is 6.65. The SMILES string of the molecule is COc1nccc(-c2c(-c3ccc(F)cc3)ncn2C2CCN(c3ccc4nnc(C(F)(F)F)n4n3)CC2)n1. The maximum Gasteiger partial charge on any atom is 0.453 e. The lowest BCUT2D eigenvalue weighted by atomic mass is 10.0. The second-order valence-electron chi connectivity index (χ2n) is 8.99. The smallest absolute Gasteiger partial charge is 0.453 e. The van der Waals surface area contributed by atoms with Crippen LogP contribution >= 0.6 is 0 Å². The molecule has 4 aromatic heterocycles. The van der Waals surface area contributed by atoms with E-state index in [0.29, 0.717) is 43.1 Å². The first-order chi connectivity index (χ1) is 18.8. The van der Waals surface area contributed by atoms with Gasteiger partial charge in [-0.2, -0.15) is 22.7 Å². The zero-order valence-electron chi connectivity index (χ0n) is 20.5. The molecule has 1 fully saturated rings. The number of benzene rings is 1. The molecule has 0 aliphatic carbocycles. The molecule has 200 valence electrons. The Hall–Kier alpha value is -4.62. The lowest BCUT2D eigenvalue weighted by molar-refractivity contribution is -0.146. The Morgan fingerprint density at radius 1 is 0.949 bits per heavy atom. The van der Waals surface area contributed by atoms with Crippen LogP contribution in [-0.2, 0) is 6.18 Å². The third-order valence-electron chi connectivity index (χ3n) is 6.65. The molecule has 0 amide bonds. The minimum atomic E-state index is -4.66. The van der Waals surface area contributed by atoms with Crippen molar-refractivity contribution < 1.29 is 22.3 Å². The lowest BCUT2D eigenvalue weighted by Crippen LogP contribution is -2.35. The first kappa shape index (κ1) is 24.7. The lowest BCUT2D eigenvalue weighted by Gasteiger charge is -2.34. The highest BCUT2D eigenvalue weighted by Gasteiger charge is 2.38. The van der Waals surface area contributed by atoms with Crippen LogP contribution in [0.5, 0.6) is 6.01 Å². The zero-order chi connectivity index (χ0) is 27.1. The highest BCUT2D eigenvalue weighted by molar-refractivity contribution is 5.77. The van der Waals surface area contributed by atoms with Gasteiger partial charge >= 0.3 is 12.2 Å². The van der Waals surface area contributed by atoms with Crippen LogP contribution in [0.25, 0.3) is 28.3 Å². The molecule has 0 unspecified atom stereocenters. The summed E-state index contributed by atoms with van der Waals surface area (Å²) in [4.78, 5) is 15.2. The van der Waals surface area contributed by atoms with Crippen LogP contribution in [-0.4, -0.2) is 59.5 Å². The molecule has 0 bridgehead atoms. The van der Waals surface area contributed by atoms with Gasteiger partial charge in [0.05, 0.1) is 30.5 Å². The Morgan fingerprint density at radius 3 is 2.44 bits per heavy atom. The number of anilines is 1. The van der Waals surface area contributed by atoms with E-state index >= 15 is 0 Å². The van der Waals surface area contributed by atoms with Crippen LogP contribution in [0.4, 0.5) is 23.4 Å². The standard InChI is InChI=1S/C25H21F4N9O/c1-39-24-30-11-8-18(32-24)22-21(15-2-4-16(26)5-3-15)31-14-37(22)17-9-12-36(13-10-17)20-7-6-19-33-34-23(25(27,28)29)38(19)35-20/h2-8,11,14,17H,9-10,12-13H2,1H3. The van der Waals surface area contributed by atoms with Crippen molar-refractivity contribution in [2.45, 2.75) is 25.1 Å². The number of ether oxygens (including phenoxy) is 1. The molecule has 1 saturated heterocycles. The summed E-state index contributed by atoms with van der Waals surface area (Å²) in [5.41, 5.74) is 2.72. The molecule has 0 saturated carbocycles. The molecule has 14 heteroatoms. The number of hydrogen-bond acceptors (Lipinski definition) is 8. The maximum absolute atomic E-state index is 13.6. The van der Waals surface area contributed by atoms with E-state index in [2.05, 4.69) is 30.2 Å². The van der Waals surface area contributed by atoms with E-state index < -0.39 is 12.0 Å². The minimum absolute atomic E-state index is 0.0169. The van der Waals surface area contributed by atoms with Crippen LogP contribution in [0.1, 0.15) is 24.7 Å². The minimum Gasteiger partial charge on any atom is -0.467 e. The van der Waals surface area contributed by atoms with Crippen molar-refractivity contribution in [1.82, 2.24) is 39.3 Å². The fourth-order valence-electron chi connectivity index (χ4n) is 4.78. The van der Waals surface area contributed by atoms with Crippen LogP contribution in [0, 0.1) is 5.82 Å². The number of nitrogens with zero attached hydrogens (tertiary/aromatic N) is 9. The summed E-state index contributed by atoms with van der Waals surface area (Å²) in [6, 6.07) is 11.2. The molecule has 10 nitrogen and oxygen atoms in total. The molecular weight excluding hydrogens is 518 g/mol. The molecule has 1 aliphatic heterocycles. The Balaban J connectivity index is 1.31. The molecule has 0 spiro atoms. The first-order valence-electron chi connectivity index (χ1n) is 12.1. The summed E-state index contributed by atoms with van der Waals surface area (Å²) in [7, 11) is 1.48. The van der Waals surface area contributed by atoms with Gasteiger partial charge in [0.25, 0.3) is 5.82 Å². The summed E-state index contributed by atoms with van der Waals surface area (Å²) in [6.07, 6.45) is 0.00419. The predicted octanol–water partition coefficient (Wildman–Crippen LogP) is 4.45. The number of halogens is 4. The van der Waals surface area contributed by atoms with E-state index in [0.717, 1.165) is 15.8 Å². The monoisotopic (exact) mass is 539 g/mol. The third kappa shape index (κ3) is 4.62. The molecule has 0 N–H and O–H groups in total. The molecule has 5 aromatic rings. The number of aromatic nitrogens is 8.